The molecule has 0 bridgehead atoms. The van der Waals surface area contributed by atoms with Crippen LogP contribution in [-0.2, 0) is 9.53 Å². The number of amides is 1. The van der Waals surface area contributed by atoms with E-state index in [0.717, 1.165) is 6.42 Å². The second-order valence-corrected chi connectivity index (χ2v) is 3.79. The standard InChI is InChI=1S/C13H18N2O3/c1-3-6-11(16)15-10-8-5-7-9(12(10)14)13(17)18-4-2/h5,7-8H,3-4,6,14H2,1-2H3,(H,15,16). The number of hydrogen-bond acceptors (Lipinski definition) is 4. The lowest BCUT2D eigenvalue weighted by Gasteiger charge is -2.11. The highest BCUT2D eigenvalue weighted by atomic mass is 16.5. The predicted octanol–water partition coefficient (Wildman–Crippen LogP) is 2.18. The van der Waals surface area contributed by atoms with E-state index >= 15 is 0 Å². The van der Waals surface area contributed by atoms with Crippen molar-refractivity contribution < 1.29 is 14.3 Å². The maximum Gasteiger partial charge on any atom is 0.340 e. The van der Waals surface area contributed by atoms with Gasteiger partial charge in [-0.15, -0.1) is 0 Å². The molecule has 0 aliphatic carbocycles. The predicted molar refractivity (Wildman–Crippen MR) is 70.3 cm³/mol. The number of nitrogens with one attached hydrogen (secondary N) is 1. The number of rotatable bonds is 5. The monoisotopic (exact) mass is 250 g/mol. The third kappa shape index (κ3) is 3.48. The highest BCUT2D eigenvalue weighted by Gasteiger charge is 2.14. The molecule has 3 N–H and O–H groups in total. The summed E-state index contributed by atoms with van der Waals surface area (Å²) in [6, 6.07) is 4.89. The Balaban J connectivity index is 2.91. The molecule has 1 rings (SSSR count). The summed E-state index contributed by atoms with van der Waals surface area (Å²) >= 11 is 0. The fourth-order valence-electron chi connectivity index (χ4n) is 1.50. The molecule has 0 fully saturated rings. The van der Waals surface area contributed by atoms with E-state index < -0.39 is 5.97 Å². The van der Waals surface area contributed by atoms with Crippen molar-refractivity contribution in [1.29, 1.82) is 0 Å². The summed E-state index contributed by atoms with van der Waals surface area (Å²) in [5.41, 5.74) is 6.79. The van der Waals surface area contributed by atoms with Gasteiger partial charge >= 0.3 is 5.97 Å². The molecule has 0 saturated heterocycles. The van der Waals surface area contributed by atoms with Gasteiger partial charge in [0, 0.05) is 6.42 Å². The molecule has 0 heterocycles. The van der Waals surface area contributed by atoms with E-state index in [1.807, 2.05) is 6.92 Å². The van der Waals surface area contributed by atoms with Crippen LogP contribution in [0.1, 0.15) is 37.0 Å². The topological polar surface area (TPSA) is 81.4 Å². The van der Waals surface area contributed by atoms with Crippen LogP contribution in [0.15, 0.2) is 18.2 Å². The van der Waals surface area contributed by atoms with Crippen LogP contribution in [0, 0.1) is 0 Å². The van der Waals surface area contributed by atoms with Crippen molar-refractivity contribution in [3.05, 3.63) is 23.8 Å². The van der Waals surface area contributed by atoms with E-state index in [0.29, 0.717) is 12.1 Å². The van der Waals surface area contributed by atoms with E-state index in [1.165, 1.54) is 0 Å². The molecule has 0 atom stereocenters. The number of carbonyl (C=O) groups excluding carboxylic acids is 2. The van der Waals surface area contributed by atoms with Gasteiger partial charge in [0.15, 0.2) is 0 Å². The Kier molecular flexibility index (Phi) is 5.17. The van der Waals surface area contributed by atoms with Gasteiger partial charge in [-0.3, -0.25) is 4.79 Å². The van der Waals surface area contributed by atoms with E-state index in [-0.39, 0.29) is 23.8 Å². The number of nitrogen functional groups attached to an aromatic ring is 1. The third-order valence-corrected chi connectivity index (χ3v) is 2.35. The van der Waals surface area contributed by atoms with Gasteiger partial charge in [0.1, 0.15) is 0 Å². The fraction of sp³-hybridized carbons (Fsp3) is 0.385. The zero-order chi connectivity index (χ0) is 13.5. The molecule has 0 saturated carbocycles. The highest BCUT2D eigenvalue weighted by molar-refractivity contribution is 6.02. The van der Waals surface area contributed by atoms with Gasteiger partial charge in [-0.25, -0.2) is 4.79 Å². The molecule has 98 valence electrons. The zero-order valence-electron chi connectivity index (χ0n) is 10.7. The lowest BCUT2D eigenvalue weighted by atomic mass is 10.1. The molecule has 5 nitrogen and oxygen atoms in total. The molecule has 0 aliphatic heterocycles. The van der Waals surface area contributed by atoms with Gasteiger partial charge in [0.2, 0.25) is 5.91 Å². The quantitative estimate of drug-likeness (QED) is 0.620. The first-order valence-electron chi connectivity index (χ1n) is 5.95. The average molecular weight is 250 g/mol. The number of carbonyl (C=O) groups is 2. The van der Waals surface area contributed by atoms with E-state index in [2.05, 4.69) is 5.32 Å². The van der Waals surface area contributed by atoms with E-state index in [9.17, 15) is 9.59 Å². The maximum absolute atomic E-state index is 11.6. The Hall–Kier alpha value is -2.04. The molecule has 0 unspecified atom stereocenters. The minimum absolute atomic E-state index is 0.120. The Labute approximate surface area is 106 Å². The zero-order valence-corrected chi connectivity index (χ0v) is 10.7. The number of anilines is 2. The van der Waals surface area contributed by atoms with Crippen molar-refractivity contribution >= 4 is 23.3 Å². The van der Waals surface area contributed by atoms with Crippen LogP contribution in [0.4, 0.5) is 11.4 Å². The van der Waals surface area contributed by atoms with Crippen molar-refractivity contribution in [3.63, 3.8) is 0 Å². The molecule has 0 radical (unpaired) electrons. The molecule has 1 aromatic carbocycles. The van der Waals surface area contributed by atoms with Crippen LogP contribution < -0.4 is 11.1 Å². The number of esters is 1. The second-order valence-electron chi connectivity index (χ2n) is 3.79. The molecule has 5 heteroatoms. The molecule has 0 spiro atoms. The highest BCUT2D eigenvalue weighted by Crippen LogP contribution is 2.23. The molecular formula is C13H18N2O3. The van der Waals surface area contributed by atoms with E-state index in [1.54, 1.807) is 25.1 Å². The van der Waals surface area contributed by atoms with Gasteiger partial charge in [-0.05, 0) is 25.5 Å². The Bertz CT molecular complexity index is 444. The number of para-hydroxylation sites is 1. The molecular weight excluding hydrogens is 232 g/mol. The number of hydrogen-bond donors (Lipinski definition) is 2. The molecule has 1 amide bonds. The minimum atomic E-state index is -0.485. The summed E-state index contributed by atoms with van der Waals surface area (Å²) in [4.78, 5) is 23.1. The first-order chi connectivity index (χ1) is 8.60. The Morgan fingerprint density at radius 3 is 2.67 bits per heavy atom. The van der Waals surface area contributed by atoms with Gasteiger partial charge in [0.05, 0.1) is 23.5 Å². The van der Waals surface area contributed by atoms with Gasteiger partial charge in [0.25, 0.3) is 0 Å². The van der Waals surface area contributed by atoms with Crippen molar-refractivity contribution in [3.8, 4) is 0 Å². The van der Waals surface area contributed by atoms with E-state index in [4.69, 9.17) is 10.5 Å². The second kappa shape index (κ2) is 6.64. The summed E-state index contributed by atoms with van der Waals surface area (Å²) < 4.78 is 4.88. The molecule has 0 aromatic heterocycles. The first kappa shape index (κ1) is 14.0. The van der Waals surface area contributed by atoms with Crippen molar-refractivity contribution in [2.45, 2.75) is 26.7 Å². The molecule has 0 aliphatic rings. The Morgan fingerprint density at radius 2 is 2.06 bits per heavy atom. The van der Waals surface area contributed by atoms with Crippen molar-refractivity contribution in [2.24, 2.45) is 0 Å². The summed E-state index contributed by atoms with van der Waals surface area (Å²) in [6.45, 7) is 3.92. The summed E-state index contributed by atoms with van der Waals surface area (Å²) in [5.74, 6) is -0.605. The van der Waals surface area contributed by atoms with Gasteiger partial charge in [-0.2, -0.15) is 0 Å². The SMILES string of the molecule is CCCC(=O)Nc1cccc(C(=O)OCC)c1N. The van der Waals surface area contributed by atoms with Crippen LogP contribution in [0.5, 0.6) is 0 Å². The lowest BCUT2D eigenvalue weighted by Crippen LogP contribution is -2.14. The minimum Gasteiger partial charge on any atom is -0.462 e. The maximum atomic E-state index is 11.6. The van der Waals surface area contributed by atoms with Crippen molar-refractivity contribution in [1.82, 2.24) is 0 Å². The van der Waals surface area contributed by atoms with Crippen LogP contribution in [0.25, 0.3) is 0 Å². The van der Waals surface area contributed by atoms with Gasteiger partial charge in [-0.1, -0.05) is 13.0 Å². The molecule has 18 heavy (non-hydrogen) atoms. The normalized spacial score (nSPS) is 9.89. The number of ether oxygens (including phenoxy) is 1. The van der Waals surface area contributed by atoms with Crippen LogP contribution in [-0.4, -0.2) is 18.5 Å². The summed E-state index contributed by atoms with van der Waals surface area (Å²) in [7, 11) is 0. The van der Waals surface area contributed by atoms with Crippen LogP contribution >= 0.6 is 0 Å². The van der Waals surface area contributed by atoms with Crippen LogP contribution in [0.3, 0.4) is 0 Å². The van der Waals surface area contributed by atoms with Crippen molar-refractivity contribution in [2.75, 3.05) is 17.7 Å². The first-order valence-corrected chi connectivity index (χ1v) is 5.95. The average Bonchev–Trinajstić information content (AvgIpc) is 2.32. The number of benzene rings is 1. The summed E-state index contributed by atoms with van der Waals surface area (Å²) in [5, 5.41) is 2.68. The lowest BCUT2D eigenvalue weighted by molar-refractivity contribution is -0.116. The Morgan fingerprint density at radius 1 is 1.33 bits per heavy atom. The fourth-order valence-corrected chi connectivity index (χ4v) is 1.50. The third-order valence-electron chi connectivity index (χ3n) is 2.35. The smallest absolute Gasteiger partial charge is 0.340 e. The van der Waals surface area contributed by atoms with Gasteiger partial charge < -0.3 is 15.8 Å². The molecule has 1 aromatic rings. The largest absolute Gasteiger partial charge is 0.462 e. The number of nitrogens with two attached hydrogens (primary N) is 1. The summed E-state index contributed by atoms with van der Waals surface area (Å²) in [6.07, 6.45) is 1.17. The van der Waals surface area contributed by atoms with Crippen LogP contribution in [0.2, 0.25) is 0 Å².